The van der Waals surface area contributed by atoms with Crippen LogP contribution >= 0.6 is 0 Å². The van der Waals surface area contributed by atoms with Gasteiger partial charge in [0.05, 0.1) is 33.8 Å². The molecule has 0 spiro atoms. The van der Waals surface area contributed by atoms with Crippen molar-refractivity contribution in [3.8, 4) is 5.75 Å². The first-order valence-corrected chi connectivity index (χ1v) is 12.1. The number of rotatable bonds is 8. The van der Waals surface area contributed by atoms with E-state index in [4.69, 9.17) is 9.84 Å². The topological polar surface area (TPSA) is 139 Å². The van der Waals surface area contributed by atoms with Crippen molar-refractivity contribution < 1.29 is 31.5 Å². The fraction of sp³-hybridized carbons (Fsp3) is 0.0952. The summed E-state index contributed by atoms with van der Waals surface area (Å²) >= 11 is 0. The SMILES string of the molecule is COc1ccccc1NS(=O)(=O)c1ccc(C)c(NS(=O)(=O)c2cccc(C(=O)O)c2)c1. The predicted octanol–water partition coefficient (Wildman–Crippen LogP) is 3.30. The molecule has 0 saturated heterocycles. The number of sulfonamides is 2. The molecule has 0 atom stereocenters. The molecule has 0 saturated carbocycles. The zero-order valence-electron chi connectivity index (χ0n) is 17.1. The number of ether oxygens (including phenoxy) is 1. The monoisotopic (exact) mass is 476 g/mol. The van der Waals surface area contributed by atoms with Crippen molar-refractivity contribution in [2.24, 2.45) is 0 Å². The lowest BCUT2D eigenvalue weighted by atomic mass is 10.2. The van der Waals surface area contributed by atoms with Gasteiger partial charge in [-0.05, 0) is 55.0 Å². The van der Waals surface area contributed by atoms with Crippen LogP contribution in [0.4, 0.5) is 11.4 Å². The molecule has 32 heavy (non-hydrogen) atoms. The normalized spacial score (nSPS) is 11.6. The van der Waals surface area contributed by atoms with Crippen molar-refractivity contribution in [3.05, 3.63) is 77.9 Å². The Kier molecular flexibility index (Phi) is 6.42. The molecule has 0 unspecified atom stereocenters. The van der Waals surface area contributed by atoms with Crippen molar-refractivity contribution in [2.45, 2.75) is 16.7 Å². The lowest BCUT2D eigenvalue weighted by Gasteiger charge is -2.15. The van der Waals surface area contributed by atoms with Crippen LogP contribution in [0.2, 0.25) is 0 Å². The fourth-order valence-electron chi connectivity index (χ4n) is 2.81. The average Bonchev–Trinajstić information content (AvgIpc) is 2.75. The number of carboxylic acid groups (broad SMARTS) is 1. The summed E-state index contributed by atoms with van der Waals surface area (Å²) in [5.41, 5.74) is 0.540. The number of hydrogen-bond acceptors (Lipinski definition) is 6. The Hall–Kier alpha value is -3.57. The van der Waals surface area contributed by atoms with E-state index < -0.39 is 26.0 Å². The second kappa shape index (κ2) is 8.89. The second-order valence-corrected chi connectivity index (χ2v) is 10.1. The number of hydrogen-bond donors (Lipinski definition) is 3. The first-order chi connectivity index (χ1) is 15.0. The minimum absolute atomic E-state index is 0.0358. The molecule has 11 heteroatoms. The quantitative estimate of drug-likeness (QED) is 0.453. The van der Waals surface area contributed by atoms with Crippen molar-refractivity contribution in [1.82, 2.24) is 0 Å². The van der Waals surface area contributed by atoms with Crippen LogP contribution in [-0.2, 0) is 20.0 Å². The van der Waals surface area contributed by atoms with Gasteiger partial charge in [-0.3, -0.25) is 9.44 Å². The summed E-state index contributed by atoms with van der Waals surface area (Å²) in [6.45, 7) is 1.61. The highest BCUT2D eigenvalue weighted by atomic mass is 32.2. The number of methoxy groups -OCH3 is 1. The number of benzene rings is 3. The van der Waals surface area contributed by atoms with Crippen LogP contribution in [0.5, 0.6) is 5.75 Å². The molecule has 0 aliphatic heterocycles. The summed E-state index contributed by atoms with van der Waals surface area (Å²) in [5.74, 6) is -0.948. The van der Waals surface area contributed by atoms with Gasteiger partial charge < -0.3 is 9.84 Å². The Labute approximate surface area is 185 Å². The van der Waals surface area contributed by atoms with E-state index in [-0.39, 0.29) is 26.7 Å². The first-order valence-electron chi connectivity index (χ1n) is 9.16. The van der Waals surface area contributed by atoms with Crippen LogP contribution in [0.15, 0.2) is 76.5 Å². The van der Waals surface area contributed by atoms with Crippen molar-refractivity contribution in [2.75, 3.05) is 16.6 Å². The van der Waals surface area contributed by atoms with E-state index in [0.29, 0.717) is 11.3 Å². The number of aryl methyl sites for hydroxylation is 1. The highest BCUT2D eigenvalue weighted by Crippen LogP contribution is 2.28. The number of carbonyl (C=O) groups is 1. The van der Waals surface area contributed by atoms with Gasteiger partial charge in [0, 0.05) is 0 Å². The van der Waals surface area contributed by atoms with E-state index in [1.54, 1.807) is 25.1 Å². The van der Waals surface area contributed by atoms with Gasteiger partial charge in [-0.15, -0.1) is 0 Å². The zero-order valence-corrected chi connectivity index (χ0v) is 18.7. The molecule has 3 aromatic carbocycles. The molecule has 3 N–H and O–H groups in total. The van der Waals surface area contributed by atoms with Gasteiger partial charge in [-0.2, -0.15) is 0 Å². The Bertz CT molecular complexity index is 1380. The third-order valence-electron chi connectivity index (χ3n) is 4.51. The molecular formula is C21H20N2O7S2. The van der Waals surface area contributed by atoms with Crippen LogP contribution in [0.1, 0.15) is 15.9 Å². The van der Waals surface area contributed by atoms with Gasteiger partial charge in [0.2, 0.25) is 0 Å². The third-order valence-corrected chi connectivity index (χ3v) is 7.23. The number of nitrogens with one attached hydrogen (secondary N) is 2. The molecular weight excluding hydrogens is 456 g/mol. The first kappa shape index (κ1) is 23.1. The second-order valence-electron chi connectivity index (χ2n) is 6.72. The average molecular weight is 477 g/mol. The molecule has 168 valence electrons. The van der Waals surface area contributed by atoms with Gasteiger partial charge >= 0.3 is 5.97 Å². The summed E-state index contributed by atoms with van der Waals surface area (Å²) in [5, 5.41) is 9.10. The highest BCUT2D eigenvalue weighted by Gasteiger charge is 2.21. The van der Waals surface area contributed by atoms with E-state index in [0.717, 1.165) is 6.07 Å². The molecule has 0 amide bonds. The van der Waals surface area contributed by atoms with Gasteiger partial charge in [0.1, 0.15) is 5.75 Å². The molecule has 9 nitrogen and oxygen atoms in total. The maximum absolute atomic E-state index is 12.9. The summed E-state index contributed by atoms with van der Waals surface area (Å²) in [7, 11) is -6.83. The number of carboxylic acids is 1. The minimum atomic E-state index is -4.17. The summed E-state index contributed by atoms with van der Waals surface area (Å²) in [4.78, 5) is 10.7. The van der Waals surface area contributed by atoms with Crippen LogP contribution in [0.3, 0.4) is 0 Å². The van der Waals surface area contributed by atoms with Crippen LogP contribution in [-0.4, -0.2) is 35.0 Å². The Morgan fingerprint density at radius 1 is 0.812 bits per heavy atom. The summed E-state index contributed by atoms with van der Waals surface area (Å²) in [6, 6.07) is 15.3. The molecule has 0 aliphatic carbocycles. The maximum atomic E-state index is 12.9. The Morgan fingerprint density at radius 3 is 2.09 bits per heavy atom. The molecule has 0 radical (unpaired) electrons. The van der Waals surface area contributed by atoms with Gasteiger partial charge in [0.25, 0.3) is 20.0 Å². The largest absolute Gasteiger partial charge is 0.495 e. The van der Waals surface area contributed by atoms with Crippen molar-refractivity contribution in [1.29, 1.82) is 0 Å². The lowest BCUT2D eigenvalue weighted by Crippen LogP contribution is -2.17. The van der Waals surface area contributed by atoms with Gasteiger partial charge in [0.15, 0.2) is 0 Å². The molecule has 0 aliphatic rings. The molecule has 3 rings (SSSR count). The standard InChI is InChI=1S/C21H20N2O7S2/c1-14-10-11-17(32(28,29)22-18-8-3-4-9-20(18)30-2)13-19(14)23-31(26,27)16-7-5-6-15(12-16)21(24)25/h3-13,22-23H,1-2H3,(H,24,25). The smallest absolute Gasteiger partial charge is 0.335 e. The summed E-state index contributed by atoms with van der Waals surface area (Å²) < 4.78 is 61.2. The molecule has 0 aromatic heterocycles. The predicted molar refractivity (Wildman–Crippen MR) is 119 cm³/mol. The van der Waals surface area contributed by atoms with Crippen molar-refractivity contribution in [3.63, 3.8) is 0 Å². The van der Waals surface area contributed by atoms with Crippen LogP contribution < -0.4 is 14.2 Å². The Morgan fingerprint density at radius 2 is 1.44 bits per heavy atom. The molecule has 0 bridgehead atoms. The lowest BCUT2D eigenvalue weighted by molar-refractivity contribution is 0.0696. The van der Waals surface area contributed by atoms with Gasteiger partial charge in [-0.25, -0.2) is 21.6 Å². The summed E-state index contributed by atoms with van der Waals surface area (Å²) in [6.07, 6.45) is 0. The molecule has 0 fully saturated rings. The third kappa shape index (κ3) is 5.01. The number of aromatic carboxylic acids is 1. The number of anilines is 2. The van der Waals surface area contributed by atoms with E-state index in [9.17, 15) is 21.6 Å². The van der Waals surface area contributed by atoms with Crippen LogP contribution in [0, 0.1) is 6.92 Å². The zero-order chi connectivity index (χ0) is 23.5. The van der Waals surface area contributed by atoms with Crippen molar-refractivity contribution >= 4 is 37.4 Å². The number of para-hydroxylation sites is 2. The van der Waals surface area contributed by atoms with E-state index >= 15 is 0 Å². The Balaban J connectivity index is 1.95. The maximum Gasteiger partial charge on any atom is 0.335 e. The van der Waals surface area contributed by atoms with E-state index in [1.807, 2.05) is 0 Å². The van der Waals surface area contributed by atoms with Crippen LogP contribution in [0.25, 0.3) is 0 Å². The fourth-order valence-corrected chi connectivity index (χ4v) is 5.07. The van der Waals surface area contributed by atoms with Gasteiger partial charge in [-0.1, -0.05) is 24.3 Å². The molecule has 3 aromatic rings. The molecule has 0 heterocycles. The van der Waals surface area contributed by atoms with E-state index in [2.05, 4.69) is 9.44 Å². The highest BCUT2D eigenvalue weighted by molar-refractivity contribution is 7.93. The van der Waals surface area contributed by atoms with E-state index in [1.165, 1.54) is 49.6 Å². The minimum Gasteiger partial charge on any atom is -0.495 e.